The molecule has 0 saturated heterocycles. The Morgan fingerprint density at radius 1 is 0.718 bits per heavy atom. The zero-order chi connectivity index (χ0) is 27.6. The molecule has 0 bridgehead atoms. The molecule has 6 rings (SSSR count). The molecule has 6 heterocycles. The van der Waals surface area contributed by atoms with Crippen LogP contribution in [0.3, 0.4) is 0 Å². The van der Waals surface area contributed by atoms with Crippen LogP contribution in [0, 0.1) is 0 Å². The average Bonchev–Trinajstić information content (AvgIpc) is 2.99. The van der Waals surface area contributed by atoms with E-state index in [1.54, 1.807) is 49.1 Å². The Kier molecular flexibility index (Phi) is 9.30. The van der Waals surface area contributed by atoms with E-state index >= 15 is 0 Å². The fourth-order valence-corrected chi connectivity index (χ4v) is 3.69. The van der Waals surface area contributed by atoms with Crippen LogP contribution in [0.4, 0.5) is 0 Å². The smallest absolute Gasteiger partial charge is 0.267 e. The van der Waals surface area contributed by atoms with Crippen molar-refractivity contribution in [3.63, 3.8) is 0 Å². The minimum Gasteiger partial charge on any atom is -0.267 e. The van der Waals surface area contributed by atoms with E-state index in [4.69, 9.17) is 0 Å². The Morgan fingerprint density at radius 3 is 1.82 bits per heavy atom. The predicted octanol–water partition coefficient (Wildman–Crippen LogP) is 4.65. The number of aryl methyl sites for hydroxylation is 1. The van der Waals surface area contributed by atoms with E-state index < -0.39 is 0 Å². The summed E-state index contributed by atoms with van der Waals surface area (Å²) in [5.41, 5.74) is 3.42. The molecular weight excluding hydrogens is 560 g/mol. The first-order valence-electron chi connectivity index (χ1n) is 12.2. The summed E-state index contributed by atoms with van der Waals surface area (Å²) in [4.78, 5) is 40.7. The van der Waals surface area contributed by atoms with Gasteiger partial charge in [0.25, 0.3) is 11.1 Å². The van der Waals surface area contributed by atoms with Crippen molar-refractivity contribution in [3.05, 3.63) is 106 Å². The maximum atomic E-state index is 12.2. The zero-order valence-corrected chi connectivity index (χ0v) is 22.9. The fraction of sp³-hybridized carbons (Fsp3) is 0.143. The first-order valence-corrected chi connectivity index (χ1v) is 13.3. The molecule has 6 aromatic rings. The van der Waals surface area contributed by atoms with Gasteiger partial charge in [0.05, 0.1) is 22.2 Å². The van der Waals surface area contributed by atoms with Crippen molar-refractivity contribution in [1.29, 1.82) is 0 Å². The summed E-state index contributed by atoms with van der Waals surface area (Å²) in [6.07, 6.45) is 6.67. The molecule has 39 heavy (non-hydrogen) atoms. The molecule has 0 aliphatic rings. The number of rotatable bonds is 3. The van der Waals surface area contributed by atoms with Crippen molar-refractivity contribution in [2.24, 2.45) is 0 Å². The van der Waals surface area contributed by atoms with Crippen LogP contribution < -0.4 is 11.1 Å². The molecule has 0 atom stereocenters. The lowest BCUT2D eigenvalue weighted by Gasteiger charge is -2.08. The predicted molar refractivity (Wildman–Crippen MR) is 156 cm³/mol. The standard InChI is InChI=1S/C14H12N4O.C12H8N4O.C2H5Br/c1-2-18-14(19)10-6-5-9-16-12(10)13(17-18)11-7-3-4-8-15-11;17-12-8-4-3-7-14-10(8)11(15-16-12)9-5-1-2-6-13-9;1-2-3/h3-9H,2H2,1H3;1-7H,(H,16,17);2H2,1H3. The van der Waals surface area contributed by atoms with Gasteiger partial charge in [0.2, 0.25) is 0 Å². The second-order valence-electron chi connectivity index (χ2n) is 7.87. The van der Waals surface area contributed by atoms with E-state index in [0.717, 1.165) is 5.33 Å². The summed E-state index contributed by atoms with van der Waals surface area (Å²) < 4.78 is 1.44. The zero-order valence-electron chi connectivity index (χ0n) is 21.3. The molecule has 0 amide bonds. The third-order valence-corrected chi connectivity index (χ3v) is 5.38. The number of pyridine rings is 4. The number of nitrogens with zero attached hydrogens (tertiary/aromatic N) is 7. The van der Waals surface area contributed by atoms with E-state index in [-0.39, 0.29) is 11.1 Å². The van der Waals surface area contributed by atoms with Crippen molar-refractivity contribution in [3.8, 4) is 22.8 Å². The van der Waals surface area contributed by atoms with Gasteiger partial charge in [0.15, 0.2) is 0 Å². The Bertz CT molecular complexity index is 1790. The van der Waals surface area contributed by atoms with Crippen LogP contribution in [0.5, 0.6) is 0 Å². The molecule has 196 valence electrons. The van der Waals surface area contributed by atoms with Crippen LogP contribution >= 0.6 is 15.9 Å². The third-order valence-electron chi connectivity index (χ3n) is 5.38. The Balaban J connectivity index is 0.000000165. The van der Waals surface area contributed by atoms with Gasteiger partial charge in [-0.15, -0.1) is 0 Å². The van der Waals surface area contributed by atoms with Crippen molar-refractivity contribution in [2.45, 2.75) is 20.4 Å². The molecule has 0 aliphatic carbocycles. The number of H-pyrrole nitrogens is 1. The number of nitrogens with one attached hydrogen (secondary N) is 1. The van der Waals surface area contributed by atoms with Crippen LogP contribution in [-0.4, -0.2) is 45.2 Å². The number of halogens is 1. The quantitative estimate of drug-likeness (QED) is 0.297. The topological polar surface area (TPSA) is 132 Å². The molecule has 0 radical (unpaired) electrons. The van der Waals surface area contributed by atoms with E-state index in [1.807, 2.05) is 50.2 Å². The molecule has 1 N–H and O–H groups in total. The first-order chi connectivity index (χ1) is 19.1. The van der Waals surface area contributed by atoms with Gasteiger partial charge in [-0.05, 0) is 55.5 Å². The van der Waals surface area contributed by atoms with Gasteiger partial charge in [0.1, 0.15) is 22.4 Å². The SMILES string of the molecule is CCBr.CCn1nc(-c2ccccn2)c2ncccc2c1=O.O=c1[nH]nc(-c2ccccn2)c2ncccc12. The Morgan fingerprint density at radius 2 is 1.26 bits per heavy atom. The van der Waals surface area contributed by atoms with E-state index in [9.17, 15) is 9.59 Å². The van der Waals surface area contributed by atoms with Gasteiger partial charge < -0.3 is 0 Å². The molecular formula is C28H25BrN8O2. The number of fused-ring (bicyclic) bond motifs is 2. The van der Waals surface area contributed by atoms with Gasteiger partial charge in [-0.2, -0.15) is 10.2 Å². The molecule has 0 fully saturated rings. The maximum absolute atomic E-state index is 12.2. The van der Waals surface area contributed by atoms with Crippen molar-refractivity contribution in [2.75, 3.05) is 5.33 Å². The van der Waals surface area contributed by atoms with E-state index in [1.165, 1.54) is 4.68 Å². The van der Waals surface area contributed by atoms with Gasteiger partial charge in [0, 0.05) is 36.7 Å². The molecule has 0 aromatic carbocycles. The highest BCUT2D eigenvalue weighted by Gasteiger charge is 2.13. The third kappa shape index (κ3) is 6.27. The van der Waals surface area contributed by atoms with Crippen LogP contribution in [0.15, 0.2) is 95.0 Å². The molecule has 6 aromatic heterocycles. The lowest BCUT2D eigenvalue weighted by Crippen LogP contribution is -2.23. The number of aromatic amines is 1. The summed E-state index contributed by atoms with van der Waals surface area (Å²) >= 11 is 3.15. The molecule has 10 nitrogen and oxygen atoms in total. The highest BCUT2D eigenvalue weighted by Crippen LogP contribution is 2.21. The molecule has 0 saturated carbocycles. The van der Waals surface area contributed by atoms with Crippen molar-refractivity contribution < 1.29 is 0 Å². The minimum absolute atomic E-state index is 0.120. The second-order valence-corrected chi connectivity index (χ2v) is 8.99. The minimum atomic E-state index is -0.243. The van der Waals surface area contributed by atoms with Crippen molar-refractivity contribution in [1.82, 2.24) is 39.9 Å². The Hall–Kier alpha value is -4.64. The second kappa shape index (κ2) is 13.2. The summed E-state index contributed by atoms with van der Waals surface area (Å²) in [6, 6.07) is 18.1. The summed E-state index contributed by atoms with van der Waals surface area (Å²) in [5, 5.41) is 13.0. The van der Waals surface area contributed by atoms with Gasteiger partial charge in [-0.3, -0.25) is 29.5 Å². The maximum Gasteiger partial charge on any atom is 0.276 e. The summed E-state index contributed by atoms with van der Waals surface area (Å²) in [6.45, 7) is 4.45. The first kappa shape index (κ1) is 27.4. The number of aromatic nitrogens is 8. The Labute approximate surface area is 232 Å². The monoisotopic (exact) mass is 584 g/mol. The van der Waals surface area contributed by atoms with Crippen LogP contribution in [0.1, 0.15) is 13.8 Å². The number of alkyl halides is 1. The lowest BCUT2D eigenvalue weighted by molar-refractivity contribution is 0.625. The highest BCUT2D eigenvalue weighted by molar-refractivity contribution is 9.09. The van der Waals surface area contributed by atoms with Gasteiger partial charge in [-0.1, -0.05) is 35.0 Å². The van der Waals surface area contributed by atoms with Gasteiger partial charge >= 0.3 is 0 Å². The number of hydrogen-bond donors (Lipinski definition) is 1. The fourth-order valence-electron chi connectivity index (χ4n) is 3.69. The van der Waals surface area contributed by atoms with Crippen LogP contribution in [-0.2, 0) is 6.54 Å². The number of hydrogen-bond acceptors (Lipinski definition) is 8. The van der Waals surface area contributed by atoms with Crippen LogP contribution in [0.25, 0.3) is 44.6 Å². The average molecular weight is 585 g/mol. The van der Waals surface area contributed by atoms with E-state index in [0.29, 0.717) is 51.1 Å². The summed E-state index contributed by atoms with van der Waals surface area (Å²) in [5.74, 6) is 0. The van der Waals surface area contributed by atoms with Gasteiger partial charge in [-0.25, -0.2) is 9.78 Å². The summed E-state index contributed by atoms with van der Waals surface area (Å²) in [7, 11) is 0. The largest absolute Gasteiger partial charge is 0.276 e. The lowest BCUT2D eigenvalue weighted by atomic mass is 10.2. The van der Waals surface area contributed by atoms with E-state index in [2.05, 4.69) is 51.2 Å². The molecule has 0 spiro atoms. The highest BCUT2D eigenvalue weighted by atomic mass is 79.9. The molecule has 0 aliphatic heterocycles. The molecule has 0 unspecified atom stereocenters. The molecule has 11 heteroatoms. The normalized spacial score (nSPS) is 10.3. The van der Waals surface area contributed by atoms with Crippen LogP contribution in [0.2, 0.25) is 0 Å². The van der Waals surface area contributed by atoms with Crippen molar-refractivity contribution >= 4 is 37.7 Å².